The fraction of sp³-hybridized carbons (Fsp3) is 1.00. The minimum Gasteiger partial charge on any atom is -0.390 e. The molecule has 0 spiro atoms. The van der Waals surface area contributed by atoms with Gasteiger partial charge in [-0.05, 0) is 78.6 Å². The summed E-state index contributed by atoms with van der Waals surface area (Å²) in [6.45, 7) is 14.2. The zero-order valence-corrected chi connectivity index (χ0v) is 14.3. The van der Waals surface area contributed by atoms with Crippen LogP contribution in [-0.2, 0) is 0 Å². The van der Waals surface area contributed by atoms with Gasteiger partial charge >= 0.3 is 0 Å². The number of piperidine rings is 1. The monoisotopic (exact) mass is 297 g/mol. The molecule has 2 aliphatic rings. The number of aliphatic hydroxyl groups excluding tert-OH is 1. The lowest BCUT2D eigenvalue weighted by molar-refractivity contribution is 0.0788. The first-order valence-electron chi connectivity index (χ1n) is 8.80. The van der Waals surface area contributed by atoms with E-state index in [2.05, 4.69) is 35.9 Å². The van der Waals surface area contributed by atoms with Gasteiger partial charge in [-0.1, -0.05) is 0 Å². The minimum atomic E-state index is -0.251. The van der Waals surface area contributed by atoms with Gasteiger partial charge in [-0.25, -0.2) is 0 Å². The van der Waals surface area contributed by atoms with Gasteiger partial charge in [0.2, 0.25) is 0 Å². The van der Waals surface area contributed by atoms with E-state index in [9.17, 15) is 5.11 Å². The number of aliphatic hydroxyl groups is 1. The van der Waals surface area contributed by atoms with E-state index in [-0.39, 0.29) is 11.6 Å². The van der Waals surface area contributed by atoms with Crippen molar-refractivity contribution in [3.05, 3.63) is 0 Å². The molecule has 2 rings (SSSR count). The van der Waals surface area contributed by atoms with Crippen LogP contribution in [0.5, 0.6) is 0 Å². The quantitative estimate of drug-likeness (QED) is 0.780. The van der Waals surface area contributed by atoms with Gasteiger partial charge in [0.25, 0.3) is 0 Å². The molecule has 0 aromatic carbocycles. The second-order valence-electron chi connectivity index (χ2n) is 8.04. The van der Waals surface area contributed by atoms with Gasteiger partial charge in [0.1, 0.15) is 0 Å². The molecule has 0 bridgehead atoms. The standard InChI is InChI=1S/C17H35N3O/c1-17(2,3)18-12-16(21)14-20-10-6-15(7-11-20)13-19-8-4-5-9-19/h15-16,18,21H,4-14H2,1-3H3. The molecule has 0 saturated carbocycles. The summed E-state index contributed by atoms with van der Waals surface area (Å²) in [4.78, 5) is 5.08. The van der Waals surface area contributed by atoms with Crippen molar-refractivity contribution in [2.45, 2.75) is 58.1 Å². The van der Waals surface area contributed by atoms with Gasteiger partial charge in [-0.15, -0.1) is 0 Å². The number of β-amino-alcohol motifs (C(OH)–C–C–N with tert-alkyl or cyclic N) is 1. The van der Waals surface area contributed by atoms with Crippen molar-refractivity contribution in [1.29, 1.82) is 0 Å². The van der Waals surface area contributed by atoms with Crippen LogP contribution in [-0.4, -0.2) is 72.4 Å². The Balaban J connectivity index is 1.59. The molecule has 0 aromatic rings. The second-order valence-corrected chi connectivity index (χ2v) is 8.04. The largest absolute Gasteiger partial charge is 0.390 e. The normalized spacial score (nSPS) is 24.6. The van der Waals surface area contributed by atoms with E-state index in [1.165, 1.54) is 45.3 Å². The molecule has 0 amide bonds. The zero-order valence-electron chi connectivity index (χ0n) is 14.3. The zero-order chi connectivity index (χ0) is 15.3. The van der Waals surface area contributed by atoms with Crippen molar-refractivity contribution in [2.24, 2.45) is 5.92 Å². The molecule has 2 fully saturated rings. The summed E-state index contributed by atoms with van der Waals surface area (Å²) < 4.78 is 0. The van der Waals surface area contributed by atoms with Gasteiger partial charge in [0.05, 0.1) is 6.10 Å². The highest BCUT2D eigenvalue weighted by molar-refractivity contribution is 4.80. The maximum absolute atomic E-state index is 10.1. The van der Waals surface area contributed by atoms with Crippen LogP contribution in [0.15, 0.2) is 0 Å². The molecule has 0 aliphatic carbocycles. The highest BCUT2D eigenvalue weighted by Crippen LogP contribution is 2.20. The molecule has 2 N–H and O–H groups in total. The van der Waals surface area contributed by atoms with E-state index < -0.39 is 0 Å². The van der Waals surface area contributed by atoms with Crippen molar-refractivity contribution in [1.82, 2.24) is 15.1 Å². The van der Waals surface area contributed by atoms with Crippen LogP contribution < -0.4 is 5.32 Å². The molecule has 1 atom stereocenters. The molecule has 0 radical (unpaired) electrons. The molecular weight excluding hydrogens is 262 g/mol. The van der Waals surface area contributed by atoms with Crippen LogP contribution in [0.3, 0.4) is 0 Å². The number of hydrogen-bond donors (Lipinski definition) is 2. The van der Waals surface area contributed by atoms with Crippen molar-refractivity contribution in [3.63, 3.8) is 0 Å². The molecule has 2 saturated heterocycles. The Hall–Kier alpha value is -0.160. The number of hydrogen-bond acceptors (Lipinski definition) is 4. The molecule has 0 aromatic heterocycles. The lowest BCUT2D eigenvalue weighted by Crippen LogP contribution is -2.46. The van der Waals surface area contributed by atoms with Crippen LogP contribution in [0.25, 0.3) is 0 Å². The van der Waals surface area contributed by atoms with Crippen molar-refractivity contribution in [2.75, 3.05) is 45.8 Å². The van der Waals surface area contributed by atoms with E-state index in [0.717, 1.165) is 25.6 Å². The average Bonchev–Trinajstić information content (AvgIpc) is 2.91. The highest BCUT2D eigenvalue weighted by atomic mass is 16.3. The van der Waals surface area contributed by atoms with Crippen molar-refractivity contribution >= 4 is 0 Å². The molecule has 21 heavy (non-hydrogen) atoms. The molecule has 1 unspecified atom stereocenters. The summed E-state index contributed by atoms with van der Waals surface area (Å²) in [5.74, 6) is 0.879. The first kappa shape index (κ1) is 17.2. The van der Waals surface area contributed by atoms with Gasteiger partial charge in [0, 0.05) is 25.2 Å². The maximum Gasteiger partial charge on any atom is 0.0791 e. The number of nitrogens with zero attached hydrogens (tertiary/aromatic N) is 2. The molecule has 124 valence electrons. The van der Waals surface area contributed by atoms with Crippen LogP contribution in [0.2, 0.25) is 0 Å². The Morgan fingerprint density at radius 1 is 1.05 bits per heavy atom. The van der Waals surface area contributed by atoms with E-state index in [1.54, 1.807) is 0 Å². The van der Waals surface area contributed by atoms with Crippen molar-refractivity contribution < 1.29 is 5.11 Å². The number of rotatable bonds is 6. The smallest absolute Gasteiger partial charge is 0.0791 e. The first-order valence-corrected chi connectivity index (χ1v) is 8.80. The maximum atomic E-state index is 10.1. The van der Waals surface area contributed by atoms with Gasteiger partial charge in [0.15, 0.2) is 0 Å². The highest BCUT2D eigenvalue weighted by Gasteiger charge is 2.24. The number of nitrogens with one attached hydrogen (secondary N) is 1. The van der Waals surface area contributed by atoms with Gasteiger partial charge in [-0.2, -0.15) is 0 Å². The number of likely N-dealkylation sites (tertiary alicyclic amines) is 2. The third-order valence-corrected chi connectivity index (χ3v) is 4.76. The van der Waals surface area contributed by atoms with E-state index in [4.69, 9.17) is 0 Å². The topological polar surface area (TPSA) is 38.7 Å². The molecule has 4 heteroatoms. The molecule has 2 heterocycles. The van der Waals surface area contributed by atoms with Crippen LogP contribution >= 0.6 is 0 Å². The third kappa shape index (κ3) is 6.64. The Labute approximate surface area is 130 Å². The molecule has 2 aliphatic heterocycles. The summed E-state index contributed by atoms with van der Waals surface area (Å²) in [5, 5.41) is 13.5. The Bertz CT molecular complexity index is 289. The summed E-state index contributed by atoms with van der Waals surface area (Å²) in [7, 11) is 0. The summed E-state index contributed by atoms with van der Waals surface area (Å²) in [6, 6.07) is 0. The predicted octanol–water partition coefficient (Wildman–Crippen LogP) is 1.54. The van der Waals surface area contributed by atoms with Crippen LogP contribution in [0, 0.1) is 5.92 Å². The van der Waals surface area contributed by atoms with Crippen LogP contribution in [0.1, 0.15) is 46.5 Å². The summed E-state index contributed by atoms with van der Waals surface area (Å²) >= 11 is 0. The Morgan fingerprint density at radius 3 is 2.24 bits per heavy atom. The third-order valence-electron chi connectivity index (χ3n) is 4.76. The fourth-order valence-corrected chi connectivity index (χ4v) is 3.47. The predicted molar refractivity (Wildman–Crippen MR) is 88.6 cm³/mol. The van der Waals surface area contributed by atoms with E-state index >= 15 is 0 Å². The first-order chi connectivity index (χ1) is 9.92. The lowest BCUT2D eigenvalue weighted by Gasteiger charge is -2.35. The summed E-state index contributed by atoms with van der Waals surface area (Å²) in [5.41, 5.74) is 0.0870. The molecule has 4 nitrogen and oxygen atoms in total. The van der Waals surface area contributed by atoms with Gasteiger partial charge in [-0.3, -0.25) is 0 Å². The molecular formula is C17H35N3O. The fourth-order valence-electron chi connectivity index (χ4n) is 3.47. The van der Waals surface area contributed by atoms with Crippen LogP contribution in [0.4, 0.5) is 0 Å². The van der Waals surface area contributed by atoms with Gasteiger partial charge < -0.3 is 20.2 Å². The Morgan fingerprint density at radius 2 is 1.67 bits per heavy atom. The minimum absolute atomic E-state index is 0.0870. The van der Waals surface area contributed by atoms with E-state index in [1.807, 2.05) is 0 Å². The lowest BCUT2D eigenvalue weighted by atomic mass is 9.96. The SMILES string of the molecule is CC(C)(C)NCC(O)CN1CCC(CN2CCCC2)CC1. The van der Waals surface area contributed by atoms with Crippen molar-refractivity contribution in [3.8, 4) is 0 Å². The second kappa shape index (κ2) is 7.91. The van der Waals surface area contributed by atoms with E-state index in [0.29, 0.717) is 6.54 Å². The summed E-state index contributed by atoms with van der Waals surface area (Å²) in [6.07, 6.45) is 5.14. The average molecular weight is 297 g/mol. The Kier molecular flexibility index (Phi) is 6.48.